The molecule has 1 aliphatic rings. The highest BCUT2D eigenvalue weighted by Gasteiger charge is 2.18. The van der Waals surface area contributed by atoms with Gasteiger partial charge in [-0.3, -0.25) is 4.90 Å². The molecule has 1 aromatic carbocycles. The first-order valence-corrected chi connectivity index (χ1v) is 8.16. The van der Waals surface area contributed by atoms with Gasteiger partial charge in [0, 0.05) is 25.9 Å². The van der Waals surface area contributed by atoms with Gasteiger partial charge in [0.25, 0.3) is 0 Å². The third-order valence-corrected chi connectivity index (χ3v) is 4.25. The molecule has 0 saturated heterocycles. The van der Waals surface area contributed by atoms with Gasteiger partial charge in [0.05, 0.1) is 11.3 Å². The Kier molecular flexibility index (Phi) is 3.91. The van der Waals surface area contributed by atoms with Crippen molar-refractivity contribution in [3.63, 3.8) is 0 Å². The van der Waals surface area contributed by atoms with Crippen LogP contribution in [0, 0.1) is 0 Å². The summed E-state index contributed by atoms with van der Waals surface area (Å²) in [5.74, 6) is -0.794. The van der Waals surface area contributed by atoms with Crippen molar-refractivity contribution in [3.8, 4) is 0 Å². The molecule has 1 aromatic rings. The molecular formula is C13H17NO4S. The summed E-state index contributed by atoms with van der Waals surface area (Å²) in [7, 11) is -2.96. The second kappa shape index (κ2) is 5.30. The highest BCUT2D eigenvalue weighted by atomic mass is 32.2. The first-order chi connectivity index (χ1) is 8.85. The van der Waals surface area contributed by atoms with Crippen LogP contribution in [0.5, 0.6) is 0 Å². The molecule has 1 N–H and O–H groups in total. The highest BCUT2D eigenvalue weighted by Crippen LogP contribution is 2.20. The number of benzene rings is 1. The largest absolute Gasteiger partial charge is 0.478 e. The summed E-state index contributed by atoms with van der Waals surface area (Å²) in [4.78, 5) is 13.0. The standard InChI is InChI=1S/C13H17NO4S/c1-19(17,18)7-6-14-5-4-10-2-3-11(13(15)16)8-12(10)9-14/h2-3,8H,4-7,9H2,1H3,(H,15,16). The minimum atomic E-state index is -2.96. The van der Waals surface area contributed by atoms with Crippen LogP contribution in [-0.4, -0.2) is 49.5 Å². The molecule has 0 amide bonds. The third-order valence-electron chi connectivity index (χ3n) is 3.32. The molecule has 19 heavy (non-hydrogen) atoms. The number of sulfone groups is 1. The van der Waals surface area contributed by atoms with Crippen molar-refractivity contribution >= 4 is 15.8 Å². The second-order valence-corrected chi connectivity index (χ2v) is 7.20. The minimum Gasteiger partial charge on any atom is -0.478 e. The normalized spacial score (nSPS) is 16.1. The van der Waals surface area contributed by atoms with E-state index >= 15 is 0 Å². The summed E-state index contributed by atoms with van der Waals surface area (Å²) >= 11 is 0. The number of fused-ring (bicyclic) bond motifs is 1. The molecule has 0 unspecified atom stereocenters. The van der Waals surface area contributed by atoms with Gasteiger partial charge in [-0.15, -0.1) is 0 Å². The van der Waals surface area contributed by atoms with Crippen molar-refractivity contribution in [1.29, 1.82) is 0 Å². The lowest BCUT2D eigenvalue weighted by atomic mass is 9.97. The first-order valence-electron chi connectivity index (χ1n) is 6.10. The Morgan fingerprint density at radius 1 is 1.37 bits per heavy atom. The molecule has 104 valence electrons. The van der Waals surface area contributed by atoms with Gasteiger partial charge < -0.3 is 5.11 Å². The minimum absolute atomic E-state index is 0.140. The number of hydrogen-bond donors (Lipinski definition) is 1. The van der Waals surface area contributed by atoms with E-state index in [4.69, 9.17) is 5.11 Å². The van der Waals surface area contributed by atoms with E-state index in [-0.39, 0.29) is 11.3 Å². The Bertz CT molecular complexity index is 595. The molecule has 0 bridgehead atoms. The zero-order chi connectivity index (χ0) is 14.0. The summed E-state index contributed by atoms with van der Waals surface area (Å²) in [6, 6.07) is 5.16. The maximum atomic E-state index is 11.2. The molecule has 6 heteroatoms. The summed E-state index contributed by atoms with van der Waals surface area (Å²) in [5, 5.41) is 8.97. The maximum absolute atomic E-state index is 11.2. The zero-order valence-electron chi connectivity index (χ0n) is 10.8. The van der Waals surface area contributed by atoms with Crippen molar-refractivity contribution < 1.29 is 18.3 Å². The molecule has 1 aliphatic heterocycles. The topological polar surface area (TPSA) is 74.7 Å². The summed E-state index contributed by atoms with van der Waals surface area (Å²) < 4.78 is 22.3. The van der Waals surface area contributed by atoms with Gasteiger partial charge >= 0.3 is 5.97 Å². The summed E-state index contributed by atoms with van der Waals surface area (Å²) in [6.07, 6.45) is 2.06. The number of nitrogens with zero attached hydrogens (tertiary/aromatic N) is 1. The fraction of sp³-hybridized carbons (Fsp3) is 0.462. The molecule has 0 radical (unpaired) electrons. The number of carboxylic acids is 1. The van der Waals surface area contributed by atoms with Crippen LogP contribution >= 0.6 is 0 Å². The molecule has 1 heterocycles. The molecule has 0 spiro atoms. The molecule has 0 atom stereocenters. The molecule has 2 rings (SSSR count). The number of hydrogen-bond acceptors (Lipinski definition) is 4. The molecule has 0 aliphatic carbocycles. The lowest BCUT2D eigenvalue weighted by Crippen LogP contribution is -2.34. The Hall–Kier alpha value is -1.40. The lowest BCUT2D eigenvalue weighted by molar-refractivity contribution is 0.0696. The quantitative estimate of drug-likeness (QED) is 0.884. The van der Waals surface area contributed by atoms with E-state index in [9.17, 15) is 13.2 Å². The summed E-state index contributed by atoms with van der Waals surface area (Å²) in [6.45, 7) is 1.93. The van der Waals surface area contributed by atoms with Crippen molar-refractivity contribution in [2.24, 2.45) is 0 Å². The van der Waals surface area contributed by atoms with Crippen LogP contribution in [0.3, 0.4) is 0 Å². The zero-order valence-corrected chi connectivity index (χ0v) is 11.6. The predicted molar refractivity (Wildman–Crippen MR) is 72.1 cm³/mol. The molecule has 0 saturated carbocycles. The molecule has 5 nitrogen and oxygen atoms in total. The lowest BCUT2D eigenvalue weighted by Gasteiger charge is -2.28. The van der Waals surface area contributed by atoms with Crippen molar-refractivity contribution in [2.75, 3.05) is 25.1 Å². The van der Waals surface area contributed by atoms with Crippen LogP contribution in [-0.2, 0) is 22.8 Å². The Morgan fingerprint density at radius 2 is 2.11 bits per heavy atom. The maximum Gasteiger partial charge on any atom is 0.335 e. The van der Waals surface area contributed by atoms with Crippen LogP contribution in [0.1, 0.15) is 21.5 Å². The predicted octanol–water partition coefficient (Wildman–Crippen LogP) is 0.787. The fourth-order valence-electron chi connectivity index (χ4n) is 2.23. The average Bonchev–Trinajstić information content (AvgIpc) is 2.34. The highest BCUT2D eigenvalue weighted by molar-refractivity contribution is 7.90. The van der Waals surface area contributed by atoms with Crippen LogP contribution < -0.4 is 0 Å². The van der Waals surface area contributed by atoms with Crippen LogP contribution in [0.15, 0.2) is 18.2 Å². The molecular weight excluding hydrogens is 266 g/mol. The van der Waals surface area contributed by atoms with E-state index in [1.807, 2.05) is 6.07 Å². The van der Waals surface area contributed by atoms with Gasteiger partial charge in [-0.05, 0) is 29.7 Å². The fourth-order valence-corrected chi connectivity index (χ4v) is 2.82. The smallest absolute Gasteiger partial charge is 0.335 e. The molecule has 0 aromatic heterocycles. The van der Waals surface area contributed by atoms with E-state index < -0.39 is 15.8 Å². The van der Waals surface area contributed by atoms with Gasteiger partial charge in [0.1, 0.15) is 9.84 Å². The molecule has 0 fully saturated rings. The van der Waals surface area contributed by atoms with Gasteiger partial charge in [0.2, 0.25) is 0 Å². The second-order valence-electron chi connectivity index (χ2n) is 4.94. The van der Waals surface area contributed by atoms with Gasteiger partial charge in [0.15, 0.2) is 0 Å². The number of rotatable bonds is 4. The summed E-state index contributed by atoms with van der Waals surface area (Å²) in [5.41, 5.74) is 2.42. The number of carbonyl (C=O) groups is 1. The van der Waals surface area contributed by atoms with E-state index in [0.29, 0.717) is 13.1 Å². The van der Waals surface area contributed by atoms with Crippen molar-refractivity contribution in [3.05, 3.63) is 34.9 Å². The average molecular weight is 283 g/mol. The Balaban J connectivity index is 2.09. The third kappa shape index (κ3) is 3.78. The Morgan fingerprint density at radius 3 is 2.74 bits per heavy atom. The van der Waals surface area contributed by atoms with Gasteiger partial charge in [-0.2, -0.15) is 0 Å². The number of aromatic carboxylic acids is 1. The van der Waals surface area contributed by atoms with Crippen molar-refractivity contribution in [2.45, 2.75) is 13.0 Å². The number of carboxylic acid groups (broad SMARTS) is 1. The SMILES string of the molecule is CS(=O)(=O)CCN1CCc2ccc(C(=O)O)cc2C1. The van der Waals surface area contributed by atoms with E-state index in [0.717, 1.165) is 24.1 Å². The van der Waals surface area contributed by atoms with Gasteiger partial charge in [-0.25, -0.2) is 13.2 Å². The van der Waals surface area contributed by atoms with Crippen LogP contribution in [0.4, 0.5) is 0 Å². The Labute approximate surface area is 112 Å². The van der Waals surface area contributed by atoms with Gasteiger partial charge in [-0.1, -0.05) is 6.07 Å². The van der Waals surface area contributed by atoms with E-state index in [1.165, 1.54) is 6.26 Å². The van der Waals surface area contributed by atoms with Crippen molar-refractivity contribution in [1.82, 2.24) is 4.90 Å². The van der Waals surface area contributed by atoms with E-state index in [2.05, 4.69) is 4.90 Å². The van der Waals surface area contributed by atoms with Crippen LogP contribution in [0.2, 0.25) is 0 Å². The van der Waals surface area contributed by atoms with Crippen LogP contribution in [0.25, 0.3) is 0 Å². The first kappa shape index (κ1) is 14.0. The van der Waals surface area contributed by atoms with E-state index in [1.54, 1.807) is 12.1 Å². The monoisotopic (exact) mass is 283 g/mol.